The van der Waals surface area contributed by atoms with Crippen LogP contribution in [-0.2, 0) is 10.0 Å². The first-order valence-electron chi connectivity index (χ1n) is 12.1. The van der Waals surface area contributed by atoms with E-state index in [1.54, 1.807) is 0 Å². The van der Waals surface area contributed by atoms with Crippen LogP contribution in [0.25, 0.3) is 11.3 Å². The molecule has 0 unspecified atom stereocenters. The third-order valence-corrected chi connectivity index (χ3v) is 9.02. The normalized spacial score (nSPS) is 14.8. The summed E-state index contributed by atoms with van der Waals surface area (Å²) in [6, 6.07) is 23.2. The number of hydrogen-bond acceptors (Lipinski definition) is 6. The average Bonchev–Trinajstić information content (AvgIpc) is 3.38. The molecule has 0 atom stereocenters. The Kier molecular flexibility index (Phi) is 7.36. The van der Waals surface area contributed by atoms with Gasteiger partial charge < -0.3 is 4.74 Å². The highest BCUT2D eigenvalue weighted by Gasteiger charge is 2.28. The molecule has 9 heteroatoms. The summed E-state index contributed by atoms with van der Waals surface area (Å²) in [6.45, 7) is 3.20. The molecule has 1 aliphatic rings. The lowest BCUT2D eigenvalue weighted by Crippen LogP contribution is -2.37. The molecule has 0 spiro atoms. The molecule has 1 N–H and O–H groups in total. The predicted molar refractivity (Wildman–Crippen MR) is 146 cm³/mol. The fourth-order valence-electron chi connectivity index (χ4n) is 4.10. The van der Waals surface area contributed by atoms with E-state index >= 15 is 0 Å². The van der Waals surface area contributed by atoms with Crippen molar-refractivity contribution in [2.75, 3.05) is 18.4 Å². The molecule has 0 aliphatic carbocycles. The molecular weight excluding hydrogens is 506 g/mol. The molecule has 1 fully saturated rings. The zero-order valence-corrected chi connectivity index (χ0v) is 22.0. The Bertz CT molecular complexity index is 1460. The third-order valence-electron chi connectivity index (χ3n) is 6.35. The molecule has 190 valence electrons. The number of thiazole rings is 1. The number of piperidine rings is 1. The molecule has 1 saturated heterocycles. The fourth-order valence-corrected chi connectivity index (χ4v) is 6.29. The van der Waals surface area contributed by atoms with E-state index < -0.39 is 10.0 Å². The topological polar surface area (TPSA) is 88.6 Å². The Morgan fingerprint density at radius 1 is 0.946 bits per heavy atom. The number of aromatic nitrogens is 1. The Morgan fingerprint density at radius 3 is 2.27 bits per heavy atom. The summed E-state index contributed by atoms with van der Waals surface area (Å²) in [5, 5.41) is 5.14. The van der Waals surface area contributed by atoms with Crippen molar-refractivity contribution >= 4 is 32.4 Å². The lowest BCUT2D eigenvalue weighted by Gasteiger charge is -2.29. The summed E-state index contributed by atoms with van der Waals surface area (Å²) < 4.78 is 33.2. The number of sulfonamides is 1. The van der Waals surface area contributed by atoms with Crippen LogP contribution < -0.4 is 10.1 Å². The van der Waals surface area contributed by atoms with Gasteiger partial charge in [-0.1, -0.05) is 25.1 Å². The van der Waals surface area contributed by atoms with Crippen molar-refractivity contribution in [2.24, 2.45) is 5.92 Å². The lowest BCUT2D eigenvalue weighted by atomic mass is 10.0. The minimum atomic E-state index is -3.55. The second-order valence-corrected chi connectivity index (χ2v) is 11.8. The van der Waals surface area contributed by atoms with Gasteiger partial charge >= 0.3 is 0 Å². The minimum absolute atomic E-state index is 0.204. The van der Waals surface area contributed by atoms with E-state index in [9.17, 15) is 13.2 Å². The number of ether oxygens (including phenoxy) is 1. The summed E-state index contributed by atoms with van der Waals surface area (Å²) in [4.78, 5) is 17.5. The molecule has 1 aliphatic heterocycles. The van der Waals surface area contributed by atoms with Crippen molar-refractivity contribution in [1.82, 2.24) is 9.29 Å². The Hall–Kier alpha value is -3.53. The minimum Gasteiger partial charge on any atom is -0.457 e. The van der Waals surface area contributed by atoms with Crippen molar-refractivity contribution < 1.29 is 17.9 Å². The van der Waals surface area contributed by atoms with E-state index in [2.05, 4.69) is 17.2 Å². The number of rotatable bonds is 7. The maximum Gasteiger partial charge on any atom is 0.257 e. The van der Waals surface area contributed by atoms with Crippen LogP contribution >= 0.6 is 11.3 Å². The molecular formula is C28H27N3O4S2. The van der Waals surface area contributed by atoms with Crippen LogP contribution in [0.15, 0.2) is 89.1 Å². The number of hydrogen-bond donors (Lipinski definition) is 1. The smallest absolute Gasteiger partial charge is 0.257 e. The van der Waals surface area contributed by atoms with Crippen LogP contribution in [0.5, 0.6) is 11.5 Å². The van der Waals surface area contributed by atoms with Gasteiger partial charge in [0.05, 0.1) is 10.6 Å². The first-order valence-corrected chi connectivity index (χ1v) is 14.4. The summed E-state index contributed by atoms with van der Waals surface area (Å²) in [5.74, 6) is 1.68. The monoisotopic (exact) mass is 533 g/mol. The zero-order valence-electron chi connectivity index (χ0n) is 20.3. The Labute approximate surface area is 220 Å². The number of benzene rings is 3. The predicted octanol–water partition coefficient (Wildman–Crippen LogP) is 6.28. The van der Waals surface area contributed by atoms with Gasteiger partial charge in [-0.25, -0.2) is 13.4 Å². The van der Waals surface area contributed by atoms with Gasteiger partial charge in [0, 0.05) is 29.6 Å². The highest BCUT2D eigenvalue weighted by atomic mass is 32.2. The third kappa shape index (κ3) is 5.90. The van der Waals surface area contributed by atoms with Gasteiger partial charge in [0.1, 0.15) is 11.5 Å². The van der Waals surface area contributed by atoms with E-state index in [1.165, 1.54) is 39.9 Å². The molecule has 37 heavy (non-hydrogen) atoms. The summed E-state index contributed by atoms with van der Waals surface area (Å²) in [6.07, 6.45) is 1.72. The Morgan fingerprint density at radius 2 is 1.59 bits per heavy atom. The number of nitrogens with one attached hydrogen (secondary N) is 1. The van der Waals surface area contributed by atoms with Crippen molar-refractivity contribution in [3.05, 3.63) is 89.8 Å². The summed E-state index contributed by atoms with van der Waals surface area (Å²) in [7, 11) is -3.55. The fraction of sp³-hybridized carbons (Fsp3) is 0.214. The van der Waals surface area contributed by atoms with Crippen molar-refractivity contribution in [1.29, 1.82) is 0 Å². The maximum atomic E-state index is 12.9. The molecule has 0 saturated carbocycles. The summed E-state index contributed by atoms with van der Waals surface area (Å²) in [5.41, 5.74) is 2.01. The van der Waals surface area contributed by atoms with Gasteiger partial charge in [-0.2, -0.15) is 4.31 Å². The van der Waals surface area contributed by atoms with Gasteiger partial charge in [0.2, 0.25) is 10.0 Å². The first-order chi connectivity index (χ1) is 17.9. The van der Waals surface area contributed by atoms with E-state index in [-0.39, 0.29) is 10.8 Å². The summed E-state index contributed by atoms with van der Waals surface area (Å²) >= 11 is 1.32. The van der Waals surface area contributed by atoms with Gasteiger partial charge in [0.15, 0.2) is 5.13 Å². The molecule has 0 bridgehead atoms. The SMILES string of the molecule is CC1CCN(S(=O)(=O)c2ccc(C(=O)Nc3nc(-c4ccc(Oc5ccccc5)cc4)cs3)cc2)CC1. The zero-order chi connectivity index (χ0) is 25.8. The number of para-hydroxylation sites is 1. The van der Waals surface area contributed by atoms with Crippen molar-refractivity contribution in [2.45, 2.75) is 24.7 Å². The second-order valence-electron chi connectivity index (χ2n) is 9.04. The molecule has 5 rings (SSSR count). The number of carbonyl (C=O) groups is 1. The van der Waals surface area contributed by atoms with E-state index in [0.29, 0.717) is 29.7 Å². The van der Waals surface area contributed by atoms with Crippen molar-refractivity contribution in [3.63, 3.8) is 0 Å². The molecule has 7 nitrogen and oxygen atoms in total. The van der Waals surface area contributed by atoms with E-state index in [4.69, 9.17) is 4.74 Å². The highest BCUT2D eigenvalue weighted by molar-refractivity contribution is 7.89. The van der Waals surface area contributed by atoms with E-state index in [0.717, 1.165) is 35.6 Å². The van der Waals surface area contributed by atoms with Crippen LogP contribution in [0.3, 0.4) is 0 Å². The average molecular weight is 534 g/mol. The molecule has 1 amide bonds. The highest BCUT2D eigenvalue weighted by Crippen LogP contribution is 2.29. The van der Waals surface area contributed by atoms with Crippen LogP contribution in [0.2, 0.25) is 0 Å². The first kappa shape index (κ1) is 25.1. The number of amides is 1. The van der Waals surface area contributed by atoms with Crippen molar-refractivity contribution in [3.8, 4) is 22.8 Å². The molecule has 3 aromatic carbocycles. The molecule has 0 radical (unpaired) electrons. The van der Waals surface area contributed by atoms with Crippen LogP contribution in [0.1, 0.15) is 30.1 Å². The molecule has 4 aromatic rings. The quantitative estimate of drug-likeness (QED) is 0.302. The standard InChI is InChI=1S/C28H27N3O4S2/c1-20-15-17-31(18-16-20)37(33,34)25-13-9-22(10-14-25)27(32)30-28-29-26(19-36-28)21-7-11-24(12-8-21)35-23-5-3-2-4-6-23/h2-14,19-20H,15-18H2,1H3,(H,29,30,32). The van der Waals surface area contributed by atoms with Crippen LogP contribution in [0, 0.1) is 5.92 Å². The molecule has 2 heterocycles. The van der Waals surface area contributed by atoms with Gasteiger partial charge in [-0.05, 0) is 79.4 Å². The largest absolute Gasteiger partial charge is 0.457 e. The number of anilines is 1. The van der Waals surface area contributed by atoms with Gasteiger partial charge in [-0.15, -0.1) is 11.3 Å². The van der Waals surface area contributed by atoms with Crippen LogP contribution in [0.4, 0.5) is 5.13 Å². The van der Waals surface area contributed by atoms with Gasteiger partial charge in [-0.3, -0.25) is 10.1 Å². The number of carbonyl (C=O) groups excluding carboxylic acids is 1. The van der Waals surface area contributed by atoms with E-state index in [1.807, 2.05) is 60.0 Å². The maximum absolute atomic E-state index is 12.9. The van der Waals surface area contributed by atoms with Gasteiger partial charge in [0.25, 0.3) is 5.91 Å². The van der Waals surface area contributed by atoms with Crippen LogP contribution in [-0.4, -0.2) is 36.7 Å². The number of nitrogens with zero attached hydrogens (tertiary/aromatic N) is 2. The second kappa shape index (κ2) is 10.8. The lowest BCUT2D eigenvalue weighted by molar-refractivity contribution is 0.102. The molecule has 1 aromatic heterocycles. The Balaban J connectivity index is 1.21.